The molecule has 0 radical (unpaired) electrons. The molecule has 0 aliphatic heterocycles. The van der Waals surface area contributed by atoms with Gasteiger partial charge < -0.3 is 20.7 Å². The second-order valence-corrected chi connectivity index (χ2v) is 6.58. The van der Waals surface area contributed by atoms with E-state index in [1.807, 2.05) is 37.3 Å². The molecule has 0 bridgehead atoms. The molecule has 1 aromatic rings. The van der Waals surface area contributed by atoms with Crippen LogP contribution in [0.2, 0.25) is 0 Å². The van der Waals surface area contributed by atoms with Crippen LogP contribution in [0.15, 0.2) is 35.3 Å². The van der Waals surface area contributed by atoms with Crippen molar-refractivity contribution in [2.45, 2.75) is 33.8 Å². The van der Waals surface area contributed by atoms with Gasteiger partial charge in [-0.05, 0) is 24.5 Å². The zero-order chi connectivity index (χ0) is 18.0. The van der Waals surface area contributed by atoms with Crippen molar-refractivity contribution in [2.75, 3.05) is 32.1 Å². The van der Waals surface area contributed by atoms with Crippen LogP contribution in [0.5, 0.6) is 0 Å². The topological polar surface area (TPSA) is 74.8 Å². The molecule has 0 aliphatic carbocycles. The Hall–Kier alpha value is -1.35. The fourth-order valence-electron chi connectivity index (χ4n) is 2.15. The summed E-state index contributed by atoms with van der Waals surface area (Å²) in [5.74, 6) is 0.449. The molecule has 1 aromatic carbocycles. The third-order valence-corrected chi connectivity index (χ3v) is 3.49. The molecule has 25 heavy (non-hydrogen) atoms. The van der Waals surface area contributed by atoms with E-state index in [-0.39, 0.29) is 47.9 Å². The normalized spacial score (nSPS) is 12.8. The van der Waals surface area contributed by atoms with E-state index in [0.29, 0.717) is 12.5 Å². The molecule has 7 heteroatoms. The van der Waals surface area contributed by atoms with E-state index in [1.54, 1.807) is 7.11 Å². The number of benzene rings is 1. The van der Waals surface area contributed by atoms with Crippen LogP contribution >= 0.6 is 24.0 Å². The predicted molar refractivity (Wildman–Crippen MR) is 115 cm³/mol. The fourth-order valence-corrected chi connectivity index (χ4v) is 2.15. The molecule has 6 nitrogen and oxygen atoms in total. The first kappa shape index (κ1) is 23.6. The number of nitrogens with zero attached hydrogens (tertiary/aromatic N) is 1. The van der Waals surface area contributed by atoms with Gasteiger partial charge in [0.15, 0.2) is 5.96 Å². The summed E-state index contributed by atoms with van der Waals surface area (Å²) >= 11 is 0. The standard InChI is InChI=1S/C18H30N4O2.HI/c1-6-19-17(20-12-15(24-5)18(2,3)4)21-13-16(23)22-14-10-8-7-9-11-14;/h7-11,15H,6,12-13H2,1-5H3,(H,22,23)(H2,19,20,21);1H. The van der Waals surface area contributed by atoms with Crippen molar-refractivity contribution < 1.29 is 9.53 Å². The number of aliphatic imine (C=N–C) groups is 1. The van der Waals surface area contributed by atoms with E-state index >= 15 is 0 Å². The molecule has 0 aromatic heterocycles. The van der Waals surface area contributed by atoms with Gasteiger partial charge in [0, 0.05) is 25.9 Å². The maximum absolute atomic E-state index is 12.0. The van der Waals surface area contributed by atoms with Crippen LogP contribution in [0, 0.1) is 5.41 Å². The van der Waals surface area contributed by atoms with Gasteiger partial charge >= 0.3 is 0 Å². The average molecular weight is 462 g/mol. The van der Waals surface area contributed by atoms with Crippen LogP contribution in [0.4, 0.5) is 5.69 Å². The van der Waals surface area contributed by atoms with E-state index in [0.717, 1.165) is 12.2 Å². The Kier molecular flexibility index (Phi) is 11.4. The van der Waals surface area contributed by atoms with Gasteiger partial charge in [0.05, 0.1) is 6.10 Å². The van der Waals surface area contributed by atoms with Crippen molar-refractivity contribution in [3.8, 4) is 0 Å². The van der Waals surface area contributed by atoms with Gasteiger partial charge in [-0.3, -0.25) is 4.79 Å². The van der Waals surface area contributed by atoms with Crippen LogP contribution in [0.1, 0.15) is 27.7 Å². The summed E-state index contributed by atoms with van der Waals surface area (Å²) in [4.78, 5) is 16.3. The number of para-hydroxylation sites is 1. The number of guanidine groups is 1. The minimum atomic E-state index is -0.155. The van der Waals surface area contributed by atoms with Crippen LogP contribution in [-0.2, 0) is 9.53 Å². The summed E-state index contributed by atoms with van der Waals surface area (Å²) in [7, 11) is 1.70. The quantitative estimate of drug-likeness (QED) is 0.331. The highest BCUT2D eigenvalue weighted by Gasteiger charge is 2.24. The maximum Gasteiger partial charge on any atom is 0.246 e. The molecule has 1 rings (SSSR count). The summed E-state index contributed by atoms with van der Waals surface area (Å²) in [6.07, 6.45) is 0.0412. The molecule has 0 spiro atoms. The largest absolute Gasteiger partial charge is 0.379 e. The molecule has 0 saturated heterocycles. The predicted octanol–water partition coefficient (Wildman–Crippen LogP) is 2.86. The number of hydrogen-bond donors (Lipinski definition) is 3. The molecule has 0 heterocycles. The third-order valence-electron chi connectivity index (χ3n) is 3.49. The van der Waals surface area contributed by atoms with Crippen molar-refractivity contribution in [3.05, 3.63) is 30.3 Å². The minimum absolute atomic E-state index is 0. The highest BCUT2D eigenvalue weighted by atomic mass is 127. The smallest absolute Gasteiger partial charge is 0.246 e. The number of hydrogen-bond acceptors (Lipinski definition) is 3. The molecule has 1 amide bonds. The number of carbonyl (C=O) groups is 1. The maximum atomic E-state index is 12.0. The average Bonchev–Trinajstić information content (AvgIpc) is 2.52. The number of rotatable bonds is 7. The Labute approximate surface area is 168 Å². The molecule has 142 valence electrons. The van der Waals surface area contributed by atoms with E-state index in [1.165, 1.54) is 0 Å². The van der Waals surface area contributed by atoms with Gasteiger partial charge in [-0.15, -0.1) is 24.0 Å². The Balaban J connectivity index is 0.00000576. The lowest BCUT2D eigenvalue weighted by Gasteiger charge is -2.30. The number of halogens is 1. The molecule has 0 saturated carbocycles. The van der Waals surface area contributed by atoms with Gasteiger partial charge in [-0.25, -0.2) is 4.99 Å². The minimum Gasteiger partial charge on any atom is -0.379 e. The van der Waals surface area contributed by atoms with Crippen molar-refractivity contribution >= 4 is 41.5 Å². The van der Waals surface area contributed by atoms with Crippen molar-refractivity contribution in [2.24, 2.45) is 10.4 Å². The Morgan fingerprint density at radius 3 is 2.36 bits per heavy atom. The van der Waals surface area contributed by atoms with Crippen LogP contribution < -0.4 is 16.0 Å². The molecular formula is C18H31IN4O2. The second-order valence-electron chi connectivity index (χ2n) is 6.58. The molecular weight excluding hydrogens is 431 g/mol. The number of carbonyl (C=O) groups excluding carboxylic acids is 1. The monoisotopic (exact) mass is 462 g/mol. The summed E-state index contributed by atoms with van der Waals surface area (Å²) in [5.41, 5.74) is 0.784. The van der Waals surface area contributed by atoms with E-state index in [9.17, 15) is 4.79 Å². The highest BCUT2D eigenvalue weighted by Crippen LogP contribution is 2.20. The van der Waals surface area contributed by atoms with Gasteiger partial charge in [0.2, 0.25) is 5.91 Å². The van der Waals surface area contributed by atoms with Crippen LogP contribution in [0.25, 0.3) is 0 Å². The van der Waals surface area contributed by atoms with E-state index in [4.69, 9.17) is 4.74 Å². The second kappa shape index (κ2) is 12.1. The Bertz CT molecular complexity index is 530. The highest BCUT2D eigenvalue weighted by molar-refractivity contribution is 14.0. The number of nitrogens with one attached hydrogen (secondary N) is 3. The molecule has 3 N–H and O–H groups in total. The first-order valence-corrected chi connectivity index (χ1v) is 8.26. The van der Waals surface area contributed by atoms with E-state index < -0.39 is 0 Å². The van der Waals surface area contributed by atoms with Gasteiger partial charge in [0.1, 0.15) is 6.54 Å². The van der Waals surface area contributed by atoms with Gasteiger partial charge in [0.25, 0.3) is 0 Å². The zero-order valence-corrected chi connectivity index (χ0v) is 18.1. The number of anilines is 1. The molecule has 1 unspecified atom stereocenters. The summed E-state index contributed by atoms with van der Waals surface area (Å²) in [6, 6.07) is 9.35. The number of ether oxygens (including phenoxy) is 1. The Morgan fingerprint density at radius 1 is 1.20 bits per heavy atom. The van der Waals surface area contributed by atoms with Gasteiger partial charge in [-0.1, -0.05) is 39.0 Å². The summed E-state index contributed by atoms with van der Waals surface area (Å²) in [5, 5.41) is 9.18. The SMILES string of the molecule is CCNC(=NCC(=O)Nc1ccccc1)NCC(OC)C(C)(C)C.I. The molecule has 0 aliphatic rings. The van der Waals surface area contributed by atoms with Crippen molar-refractivity contribution in [3.63, 3.8) is 0 Å². The van der Waals surface area contributed by atoms with Crippen LogP contribution in [0.3, 0.4) is 0 Å². The lowest BCUT2D eigenvalue weighted by atomic mass is 9.89. The van der Waals surface area contributed by atoms with Gasteiger partial charge in [-0.2, -0.15) is 0 Å². The zero-order valence-electron chi connectivity index (χ0n) is 15.8. The Morgan fingerprint density at radius 2 is 1.84 bits per heavy atom. The first-order valence-electron chi connectivity index (χ1n) is 8.26. The van der Waals surface area contributed by atoms with Crippen LogP contribution in [-0.4, -0.2) is 44.7 Å². The molecule has 1 atom stereocenters. The summed E-state index contributed by atoms with van der Waals surface area (Å²) in [6.45, 7) is 9.75. The lowest BCUT2D eigenvalue weighted by molar-refractivity contribution is -0.114. The van der Waals surface area contributed by atoms with Crippen molar-refractivity contribution in [1.82, 2.24) is 10.6 Å². The summed E-state index contributed by atoms with van der Waals surface area (Å²) < 4.78 is 5.52. The molecule has 0 fully saturated rings. The lowest BCUT2D eigenvalue weighted by Crippen LogP contribution is -2.45. The van der Waals surface area contributed by atoms with E-state index in [2.05, 4.69) is 41.7 Å². The van der Waals surface area contributed by atoms with Crippen molar-refractivity contribution in [1.29, 1.82) is 0 Å². The number of methoxy groups -OCH3 is 1. The third kappa shape index (κ3) is 9.64. The number of amides is 1. The first-order chi connectivity index (χ1) is 11.4. The fraction of sp³-hybridized carbons (Fsp3) is 0.556.